The zero-order valence-corrected chi connectivity index (χ0v) is 28.5. The summed E-state index contributed by atoms with van der Waals surface area (Å²) in [6.45, 7) is 0. The predicted octanol–water partition coefficient (Wildman–Crippen LogP) is 7.67. The molecule has 3 aromatic carbocycles. The van der Waals surface area contributed by atoms with E-state index in [0.717, 1.165) is 47.1 Å². The largest absolute Gasteiger partial charge is 0.508 e. The molecule has 0 radical (unpaired) electrons. The van der Waals surface area contributed by atoms with Crippen LogP contribution in [0, 0.1) is 17.8 Å². The minimum atomic E-state index is -0.938. The summed E-state index contributed by atoms with van der Waals surface area (Å²) in [6.07, 6.45) is 6.47. The zero-order chi connectivity index (χ0) is 32.4. The number of aromatic hydroxyl groups is 2. The molecule has 0 unspecified atom stereocenters. The molecule has 2 aliphatic heterocycles. The van der Waals surface area contributed by atoms with Crippen molar-refractivity contribution in [2.24, 2.45) is 5.92 Å². The van der Waals surface area contributed by atoms with Gasteiger partial charge in [-0.3, -0.25) is 0 Å². The van der Waals surface area contributed by atoms with Crippen molar-refractivity contribution in [3.05, 3.63) is 58.1 Å². The number of phenols is 2. The van der Waals surface area contributed by atoms with E-state index < -0.39 is 12.2 Å². The maximum atomic E-state index is 12.6. The molecule has 7 atom stereocenters. The van der Waals surface area contributed by atoms with Gasteiger partial charge in [0.1, 0.15) is 23.4 Å². The van der Waals surface area contributed by atoms with Gasteiger partial charge in [0.25, 0.3) is 0 Å². The Balaban J connectivity index is 1.39. The summed E-state index contributed by atoms with van der Waals surface area (Å²) in [7, 11) is 8.46. The van der Waals surface area contributed by atoms with Crippen molar-refractivity contribution in [2.45, 2.75) is 85.9 Å². The van der Waals surface area contributed by atoms with Crippen LogP contribution in [0.2, 0.25) is 0 Å². The molecule has 1 saturated carbocycles. The van der Waals surface area contributed by atoms with Crippen LogP contribution in [0.5, 0.6) is 34.5 Å². The minimum absolute atomic E-state index is 0.0914. The number of rotatable bonds is 3. The highest BCUT2D eigenvalue weighted by Gasteiger charge is 2.48. The Bertz CT molecular complexity index is 1800. The van der Waals surface area contributed by atoms with Crippen molar-refractivity contribution in [1.82, 2.24) is 0 Å². The number of benzene rings is 3. The third-order valence-electron chi connectivity index (χ3n) is 11.0. The summed E-state index contributed by atoms with van der Waals surface area (Å²) < 4.78 is 24.3. The fraction of sp³-hybridized carbons (Fsp3) is 0.474. The fourth-order valence-electron chi connectivity index (χ4n) is 8.78. The lowest BCUT2D eigenvalue weighted by molar-refractivity contribution is 0.000945. The predicted molar refractivity (Wildman–Crippen MR) is 185 cm³/mol. The highest BCUT2D eigenvalue weighted by atomic mass is 33.1. The molecule has 0 saturated heterocycles. The van der Waals surface area contributed by atoms with Crippen LogP contribution in [0.3, 0.4) is 0 Å². The number of fused-ring (bicyclic) bond motifs is 9. The lowest BCUT2D eigenvalue weighted by Crippen LogP contribution is -2.40. The highest BCUT2D eigenvalue weighted by molar-refractivity contribution is 8.77. The lowest BCUT2D eigenvalue weighted by atomic mass is 9.70. The van der Waals surface area contributed by atoms with Crippen molar-refractivity contribution in [3.8, 4) is 57.5 Å². The molecule has 3 N–H and O–H groups in total. The van der Waals surface area contributed by atoms with E-state index in [1.54, 1.807) is 30.0 Å². The van der Waals surface area contributed by atoms with Crippen molar-refractivity contribution in [1.29, 1.82) is 0 Å². The standard InChI is InChI=1S/C38H40O7S2/c1-42-28-18-29-33-27-15-20(25-16-21(39)12-13-23(25)32(27)28)11-10-19-6-4-7-22(14-19)46-47-31-9-5-8-24-26(38(45-29)36(41)34(31)33)17-30(43-2)35(40)37(24)44-3/h12-13,16-20,22,31,34,36,38-41H,4,6-8,10-11,14-15H2,1-3H3/t19-,20+,22+,31+,34+,36+,38-/m0/s1. The number of aliphatic hydroxyl groups is 1. The molecule has 6 bridgehead atoms. The van der Waals surface area contributed by atoms with Crippen LogP contribution >= 0.6 is 21.6 Å². The number of phenolic OH excluding ortho intramolecular Hbond substituents is 2. The van der Waals surface area contributed by atoms with E-state index in [0.29, 0.717) is 40.2 Å². The van der Waals surface area contributed by atoms with Gasteiger partial charge in [0.2, 0.25) is 5.75 Å². The molecule has 7 nitrogen and oxygen atoms in total. The molecule has 0 aromatic heterocycles. The van der Waals surface area contributed by atoms with Gasteiger partial charge in [-0.2, -0.15) is 0 Å². The van der Waals surface area contributed by atoms with E-state index in [4.69, 9.17) is 18.9 Å². The summed E-state index contributed by atoms with van der Waals surface area (Å²) in [5.74, 6) is 9.71. The molecule has 8 rings (SSSR count). The Labute approximate surface area is 283 Å². The lowest BCUT2D eigenvalue weighted by Gasteiger charge is -2.42. The molecule has 5 aliphatic rings. The van der Waals surface area contributed by atoms with Gasteiger partial charge >= 0.3 is 0 Å². The van der Waals surface area contributed by atoms with Crippen LogP contribution in [-0.4, -0.2) is 53.3 Å². The van der Waals surface area contributed by atoms with Crippen LogP contribution in [0.15, 0.2) is 30.3 Å². The quantitative estimate of drug-likeness (QED) is 0.191. The van der Waals surface area contributed by atoms with E-state index >= 15 is 0 Å². The molecule has 246 valence electrons. The van der Waals surface area contributed by atoms with Crippen molar-refractivity contribution in [3.63, 3.8) is 0 Å². The smallest absolute Gasteiger partial charge is 0.201 e. The first-order valence-corrected chi connectivity index (χ1v) is 18.9. The van der Waals surface area contributed by atoms with Gasteiger partial charge in [0.15, 0.2) is 17.6 Å². The van der Waals surface area contributed by atoms with Crippen molar-refractivity contribution >= 4 is 21.6 Å². The molecule has 47 heavy (non-hydrogen) atoms. The molecule has 0 amide bonds. The molecular weight excluding hydrogens is 633 g/mol. The topological polar surface area (TPSA) is 97.6 Å². The summed E-state index contributed by atoms with van der Waals surface area (Å²) in [5, 5.41) is 34.6. The van der Waals surface area contributed by atoms with E-state index in [-0.39, 0.29) is 40.1 Å². The highest BCUT2D eigenvalue weighted by Crippen LogP contribution is 2.59. The molecule has 2 heterocycles. The van der Waals surface area contributed by atoms with Crippen LogP contribution in [0.1, 0.15) is 84.3 Å². The van der Waals surface area contributed by atoms with Crippen LogP contribution in [0.25, 0.3) is 11.1 Å². The third kappa shape index (κ3) is 5.10. The second kappa shape index (κ2) is 12.3. The number of hydrogen-bond donors (Lipinski definition) is 3. The summed E-state index contributed by atoms with van der Waals surface area (Å²) in [6, 6.07) is 9.45. The number of hydrogen-bond acceptors (Lipinski definition) is 9. The van der Waals surface area contributed by atoms with Gasteiger partial charge in [-0.25, -0.2) is 0 Å². The van der Waals surface area contributed by atoms with Gasteiger partial charge in [-0.15, -0.1) is 0 Å². The Kier molecular flexibility index (Phi) is 8.10. The molecule has 1 fully saturated rings. The van der Waals surface area contributed by atoms with Crippen LogP contribution in [-0.2, 0) is 12.8 Å². The minimum Gasteiger partial charge on any atom is -0.508 e. The van der Waals surface area contributed by atoms with E-state index in [1.165, 1.54) is 39.9 Å². The number of methoxy groups -OCH3 is 3. The first-order valence-electron chi connectivity index (χ1n) is 16.6. The monoisotopic (exact) mass is 672 g/mol. The molecule has 3 aromatic rings. The van der Waals surface area contributed by atoms with Crippen LogP contribution in [0.4, 0.5) is 0 Å². The van der Waals surface area contributed by atoms with E-state index in [1.807, 2.05) is 29.0 Å². The number of aliphatic hydroxyl groups excluding tert-OH is 1. The molecular formula is C38H40O7S2. The maximum Gasteiger partial charge on any atom is 0.201 e. The van der Waals surface area contributed by atoms with E-state index in [9.17, 15) is 15.3 Å². The molecule has 9 heteroatoms. The Hall–Kier alpha value is -3.32. The van der Waals surface area contributed by atoms with Gasteiger partial charge in [0, 0.05) is 45.9 Å². The van der Waals surface area contributed by atoms with E-state index in [2.05, 4.69) is 11.8 Å². The molecule has 0 spiro atoms. The normalized spacial score (nSPS) is 28.6. The fourth-order valence-corrected chi connectivity index (χ4v) is 12.1. The zero-order valence-electron chi connectivity index (χ0n) is 26.9. The summed E-state index contributed by atoms with van der Waals surface area (Å²) in [4.78, 5) is 0. The van der Waals surface area contributed by atoms with Gasteiger partial charge in [0.05, 0.1) is 26.6 Å². The Morgan fingerprint density at radius 2 is 1.74 bits per heavy atom. The average Bonchev–Trinajstić information content (AvgIpc) is 3.11. The van der Waals surface area contributed by atoms with Crippen molar-refractivity contribution < 1.29 is 34.3 Å². The summed E-state index contributed by atoms with van der Waals surface area (Å²) >= 11 is 0. The Morgan fingerprint density at radius 1 is 0.894 bits per heavy atom. The number of ether oxygens (including phenoxy) is 4. The van der Waals surface area contributed by atoms with Gasteiger partial charge in [-0.1, -0.05) is 52.3 Å². The van der Waals surface area contributed by atoms with Gasteiger partial charge in [-0.05, 0) is 78.8 Å². The first kappa shape index (κ1) is 31.0. The second-order valence-electron chi connectivity index (χ2n) is 13.4. The van der Waals surface area contributed by atoms with Crippen molar-refractivity contribution in [2.75, 3.05) is 21.3 Å². The summed E-state index contributed by atoms with van der Waals surface area (Å²) in [5.41, 5.74) is 6.77. The maximum absolute atomic E-state index is 12.6. The third-order valence-corrected chi connectivity index (χ3v) is 14.2. The first-order chi connectivity index (χ1) is 22.9. The van der Waals surface area contributed by atoms with Crippen LogP contribution < -0.4 is 18.9 Å². The Morgan fingerprint density at radius 3 is 2.55 bits per heavy atom. The molecule has 3 aliphatic carbocycles. The van der Waals surface area contributed by atoms with Gasteiger partial charge < -0.3 is 34.3 Å². The SMILES string of the molecule is COc1cc2c(c(OC)c1O)CC#C[C@H]1SS[C@@H]3CCC[C@@H](CC[C@@H]4Cc5c(c(OC)cc6c5[C@@H]1[C@@H](O)[C@H]2O6)-c1ccc(O)cc14)C3. The average molecular weight is 673 g/mol. The second-order valence-corrected chi connectivity index (χ2v) is 16.2.